The highest BCUT2D eigenvalue weighted by Crippen LogP contribution is 2.20. The maximum absolute atomic E-state index is 11.8. The summed E-state index contributed by atoms with van der Waals surface area (Å²) in [6.07, 6.45) is 4.55. The van der Waals surface area contributed by atoms with E-state index in [1.165, 1.54) is 32.6 Å². The average molecular weight is 383 g/mol. The van der Waals surface area contributed by atoms with Crippen molar-refractivity contribution in [2.45, 2.75) is 0 Å². The van der Waals surface area contributed by atoms with Gasteiger partial charge in [-0.2, -0.15) is 0 Å². The number of rotatable bonds is 9. The van der Waals surface area contributed by atoms with Crippen LogP contribution in [0.5, 0.6) is 11.6 Å². The molecule has 0 saturated carbocycles. The van der Waals surface area contributed by atoms with Crippen LogP contribution in [-0.4, -0.2) is 44.4 Å². The Balaban J connectivity index is 1.97. The lowest BCUT2D eigenvalue weighted by atomic mass is 10.1. The maximum atomic E-state index is 11.8. The molecule has 0 aliphatic carbocycles. The molecule has 7 nitrogen and oxygen atoms in total. The Labute approximate surface area is 163 Å². The molecule has 0 atom stereocenters. The first-order chi connectivity index (χ1) is 13.5. The van der Waals surface area contributed by atoms with Crippen molar-refractivity contribution in [2.75, 3.05) is 27.4 Å². The lowest BCUT2D eigenvalue weighted by molar-refractivity contribution is 0.0591. The molecule has 146 valence electrons. The summed E-state index contributed by atoms with van der Waals surface area (Å²) < 4.78 is 20.6. The van der Waals surface area contributed by atoms with Crippen LogP contribution in [0.15, 0.2) is 43.6 Å². The van der Waals surface area contributed by atoms with Crippen molar-refractivity contribution in [3.63, 3.8) is 0 Å². The topological polar surface area (TPSA) is 84.0 Å². The number of ether oxygens (including phenoxy) is 4. The summed E-state index contributed by atoms with van der Waals surface area (Å²) in [7, 11) is 2.62. The summed E-state index contributed by atoms with van der Waals surface area (Å²) in [6.45, 7) is 7.75. The first kappa shape index (κ1) is 20.7. The normalized spacial score (nSPS) is 9.93. The minimum absolute atomic E-state index is 0.198. The van der Waals surface area contributed by atoms with Crippen molar-refractivity contribution in [3.8, 4) is 11.6 Å². The number of carbonyl (C=O) groups is 2. The molecule has 2 rings (SSSR count). The van der Waals surface area contributed by atoms with Crippen molar-refractivity contribution >= 4 is 24.1 Å². The number of nitrogens with zero attached hydrogens (tertiary/aromatic N) is 1. The Kier molecular flexibility index (Phi) is 7.33. The number of benzene rings is 1. The molecular formula is C21H21NO6. The van der Waals surface area contributed by atoms with Crippen LogP contribution >= 0.6 is 0 Å². The van der Waals surface area contributed by atoms with Crippen molar-refractivity contribution in [3.05, 3.63) is 65.9 Å². The Bertz CT molecular complexity index is 890. The van der Waals surface area contributed by atoms with E-state index in [0.717, 1.165) is 0 Å². The monoisotopic (exact) mass is 383 g/mol. The van der Waals surface area contributed by atoms with Crippen LogP contribution in [0.1, 0.15) is 31.8 Å². The van der Waals surface area contributed by atoms with E-state index in [9.17, 15) is 9.59 Å². The van der Waals surface area contributed by atoms with Gasteiger partial charge in [-0.15, -0.1) is 0 Å². The van der Waals surface area contributed by atoms with Crippen LogP contribution in [0.4, 0.5) is 0 Å². The number of hydrogen-bond donors (Lipinski definition) is 0. The zero-order chi connectivity index (χ0) is 20.5. The highest BCUT2D eigenvalue weighted by atomic mass is 16.5. The minimum Gasteiger partial charge on any atom is -0.490 e. The predicted molar refractivity (Wildman–Crippen MR) is 105 cm³/mol. The van der Waals surface area contributed by atoms with Crippen LogP contribution in [0, 0.1) is 0 Å². The molecule has 0 unspecified atom stereocenters. The number of aromatic nitrogens is 1. The molecule has 1 heterocycles. The molecule has 0 N–H and O–H groups in total. The average Bonchev–Trinajstić information content (AvgIpc) is 2.75. The van der Waals surface area contributed by atoms with E-state index in [2.05, 4.69) is 18.1 Å². The predicted octanol–water partition coefficient (Wildman–Crippen LogP) is 3.40. The first-order valence-corrected chi connectivity index (χ1v) is 8.35. The van der Waals surface area contributed by atoms with Gasteiger partial charge in [0.05, 0.1) is 25.3 Å². The third-order valence-electron chi connectivity index (χ3n) is 3.79. The van der Waals surface area contributed by atoms with Gasteiger partial charge in [0, 0.05) is 17.8 Å². The van der Waals surface area contributed by atoms with Crippen LogP contribution in [-0.2, 0) is 9.47 Å². The summed E-state index contributed by atoms with van der Waals surface area (Å²) >= 11 is 0. The van der Waals surface area contributed by atoms with E-state index >= 15 is 0 Å². The molecule has 0 radical (unpaired) electrons. The summed E-state index contributed by atoms with van der Waals surface area (Å²) in [5.41, 5.74) is 1.88. The molecule has 0 fully saturated rings. The lowest BCUT2D eigenvalue weighted by Gasteiger charge is -2.11. The van der Waals surface area contributed by atoms with Gasteiger partial charge < -0.3 is 18.9 Å². The van der Waals surface area contributed by atoms with Gasteiger partial charge in [-0.05, 0) is 23.8 Å². The molecule has 0 saturated heterocycles. The molecule has 7 heteroatoms. The van der Waals surface area contributed by atoms with Gasteiger partial charge in [0.25, 0.3) is 0 Å². The Morgan fingerprint density at radius 2 is 1.57 bits per heavy atom. The van der Waals surface area contributed by atoms with E-state index in [-0.39, 0.29) is 19.1 Å². The molecule has 1 aromatic carbocycles. The van der Waals surface area contributed by atoms with Crippen LogP contribution in [0.3, 0.4) is 0 Å². The number of carbonyl (C=O) groups excluding carboxylic acids is 2. The quantitative estimate of drug-likeness (QED) is 0.485. The zero-order valence-corrected chi connectivity index (χ0v) is 15.8. The number of hydrogen-bond acceptors (Lipinski definition) is 7. The second-order valence-corrected chi connectivity index (χ2v) is 5.45. The summed E-state index contributed by atoms with van der Waals surface area (Å²) in [5.74, 6) is -0.125. The smallest absolute Gasteiger partial charge is 0.338 e. The highest BCUT2D eigenvalue weighted by Gasteiger charge is 2.13. The second kappa shape index (κ2) is 9.91. The van der Waals surface area contributed by atoms with E-state index in [1.54, 1.807) is 24.3 Å². The second-order valence-electron chi connectivity index (χ2n) is 5.45. The summed E-state index contributed by atoms with van der Waals surface area (Å²) in [4.78, 5) is 27.6. The fourth-order valence-corrected chi connectivity index (χ4v) is 2.38. The molecule has 2 aromatic rings. The van der Waals surface area contributed by atoms with Crippen LogP contribution < -0.4 is 9.47 Å². The summed E-state index contributed by atoms with van der Waals surface area (Å²) in [6, 6.07) is 6.44. The van der Waals surface area contributed by atoms with E-state index in [0.29, 0.717) is 28.0 Å². The molecule has 0 aliphatic heterocycles. The van der Waals surface area contributed by atoms with Gasteiger partial charge in [-0.25, -0.2) is 14.6 Å². The molecule has 28 heavy (non-hydrogen) atoms. The first-order valence-electron chi connectivity index (χ1n) is 8.35. The number of esters is 2. The van der Waals surface area contributed by atoms with Gasteiger partial charge in [-0.3, -0.25) is 0 Å². The molecule has 1 aromatic heterocycles. The van der Waals surface area contributed by atoms with Crippen molar-refractivity contribution in [2.24, 2.45) is 0 Å². The fraction of sp³-hybridized carbons (Fsp3) is 0.190. The van der Waals surface area contributed by atoms with Crippen molar-refractivity contribution in [1.82, 2.24) is 4.98 Å². The third-order valence-corrected chi connectivity index (χ3v) is 3.79. The Morgan fingerprint density at radius 3 is 2.21 bits per heavy atom. The number of pyridine rings is 1. The zero-order valence-electron chi connectivity index (χ0n) is 15.8. The van der Waals surface area contributed by atoms with E-state index in [4.69, 9.17) is 18.9 Å². The maximum Gasteiger partial charge on any atom is 0.338 e. The SMILES string of the molecule is C=Cc1cc(OCCOc2cc(C(=O)OC)c(C=C)cn2)ccc1C(=O)OC. The number of methoxy groups -OCH3 is 2. The highest BCUT2D eigenvalue weighted by molar-refractivity contribution is 5.94. The Morgan fingerprint density at radius 1 is 0.929 bits per heavy atom. The fourth-order valence-electron chi connectivity index (χ4n) is 2.38. The van der Waals surface area contributed by atoms with E-state index in [1.807, 2.05) is 0 Å². The summed E-state index contributed by atoms with van der Waals surface area (Å²) in [5, 5.41) is 0. The molecule has 0 aliphatic rings. The molecule has 0 bridgehead atoms. The van der Waals surface area contributed by atoms with Crippen molar-refractivity contribution < 1.29 is 28.5 Å². The molecule has 0 spiro atoms. The van der Waals surface area contributed by atoms with Gasteiger partial charge >= 0.3 is 11.9 Å². The third kappa shape index (κ3) is 4.97. The molecule has 0 amide bonds. The minimum atomic E-state index is -0.499. The van der Waals surface area contributed by atoms with Gasteiger partial charge in [0.15, 0.2) is 0 Å². The van der Waals surface area contributed by atoms with Gasteiger partial charge in [0.2, 0.25) is 5.88 Å². The Hall–Kier alpha value is -3.61. The van der Waals surface area contributed by atoms with Gasteiger partial charge in [0.1, 0.15) is 19.0 Å². The largest absolute Gasteiger partial charge is 0.490 e. The van der Waals surface area contributed by atoms with Crippen LogP contribution in [0.2, 0.25) is 0 Å². The molecular weight excluding hydrogens is 362 g/mol. The van der Waals surface area contributed by atoms with Crippen LogP contribution in [0.25, 0.3) is 12.2 Å². The standard InChI is InChI=1S/C21H21NO6/c1-5-14-11-16(7-8-17(14)20(23)25-3)27-9-10-28-19-12-18(21(24)26-4)15(6-2)13-22-19/h5-8,11-13H,1-2,9-10H2,3-4H3. The van der Waals surface area contributed by atoms with E-state index < -0.39 is 11.9 Å². The van der Waals surface area contributed by atoms with Crippen molar-refractivity contribution in [1.29, 1.82) is 0 Å². The lowest BCUT2D eigenvalue weighted by Crippen LogP contribution is -2.11. The van der Waals surface area contributed by atoms with Gasteiger partial charge in [-0.1, -0.05) is 25.3 Å².